The molecule has 1 saturated heterocycles. The third-order valence-corrected chi connectivity index (χ3v) is 4.74. The van der Waals surface area contributed by atoms with E-state index in [2.05, 4.69) is 53.1 Å². The van der Waals surface area contributed by atoms with E-state index in [0.717, 1.165) is 25.4 Å². The highest BCUT2D eigenvalue weighted by Crippen LogP contribution is 2.44. The number of nitrogens with one attached hydrogen (secondary N) is 2. The van der Waals surface area contributed by atoms with Crippen molar-refractivity contribution in [3.05, 3.63) is 48.0 Å². The SMILES string of the molecule is COc1cc(-c2ccccc2)cc2c1NC[C@@H]1CNC[C@H]21. The summed E-state index contributed by atoms with van der Waals surface area (Å²) in [4.78, 5) is 0. The van der Waals surface area contributed by atoms with Crippen molar-refractivity contribution in [1.82, 2.24) is 5.32 Å². The van der Waals surface area contributed by atoms with E-state index in [1.165, 1.54) is 22.4 Å². The van der Waals surface area contributed by atoms with Crippen molar-refractivity contribution in [2.24, 2.45) is 5.92 Å². The van der Waals surface area contributed by atoms with Crippen LogP contribution in [0.25, 0.3) is 11.1 Å². The molecule has 0 unspecified atom stereocenters. The molecule has 0 spiro atoms. The van der Waals surface area contributed by atoms with Gasteiger partial charge in [-0.1, -0.05) is 30.3 Å². The molecule has 2 N–H and O–H groups in total. The van der Waals surface area contributed by atoms with Gasteiger partial charge in [-0.2, -0.15) is 0 Å². The quantitative estimate of drug-likeness (QED) is 0.887. The molecule has 4 rings (SSSR count). The molecular weight excluding hydrogens is 260 g/mol. The maximum absolute atomic E-state index is 5.64. The van der Waals surface area contributed by atoms with E-state index >= 15 is 0 Å². The fourth-order valence-corrected chi connectivity index (χ4v) is 3.62. The average Bonchev–Trinajstić information content (AvgIpc) is 3.03. The maximum atomic E-state index is 5.64. The monoisotopic (exact) mass is 280 g/mol. The first-order chi connectivity index (χ1) is 10.4. The number of methoxy groups -OCH3 is 1. The lowest BCUT2D eigenvalue weighted by Crippen LogP contribution is -2.27. The molecule has 21 heavy (non-hydrogen) atoms. The lowest BCUT2D eigenvalue weighted by molar-refractivity contribution is 0.412. The Morgan fingerprint density at radius 1 is 1.00 bits per heavy atom. The minimum absolute atomic E-state index is 0.596. The summed E-state index contributed by atoms with van der Waals surface area (Å²) in [6.45, 7) is 3.21. The molecule has 1 fully saturated rings. The standard InChI is InChI=1S/C18H20N2O/c1-21-17-8-13(12-5-3-2-4-6-12)7-15-16-11-19-9-14(16)10-20-18(15)17/h2-8,14,16,19-20H,9-11H2,1H3/t14-,16-/m0/s1. The first-order valence-electron chi connectivity index (χ1n) is 7.59. The van der Waals surface area contributed by atoms with Gasteiger partial charge in [0.2, 0.25) is 0 Å². The van der Waals surface area contributed by atoms with Crippen molar-refractivity contribution in [3.63, 3.8) is 0 Å². The summed E-state index contributed by atoms with van der Waals surface area (Å²) in [6.07, 6.45) is 0. The van der Waals surface area contributed by atoms with Crippen LogP contribution < -0.4 is 15.4 Å². The largest absolute Gasteiger partial charge is 0.495 e. The van der Waals surface area contributed by atoms with E-state index in [4.69, 9.17) is 4.74 Å². The number of hydrogen-bond donors (Lipinski definition) is 2. The minimum Gasteiger partial charge on any atom is -0.495 e. The summed E-state index contributed by atoms with van der Waals surface area (Å²) in [5, 5.41) is 7.09. The number of benzene rings is 2. The Labute approximate surface area is 125 Å². The van der Waals surface area contributed by atoms with Gasteiger partial charge in [-0.05, 0) is 34.7 Å². The van der Waals surface area contributed by atoms with Gasteiger partial charge in [-0.25, -0.2) is 0 Å². The number of hydrogen-bond acceptors (Lipinski definition) is 3. The Balaban J connectivity index is 1.86. The van der Waals surface area contributed by atoms with E-state index < -0.39 is 0 Å². The van der Waals surface area contributed by atoms with Gasteiger partial charge in [-0.15, -0.1) is 0 Å². The van der Waals surface area contributed by atoms with Gasteiger partial charge in [0.25, 0.3) is 0 Å². The Bertz CT molecular complexity index is 654. The Kier molecular flexibility index (Phi) is 3.08. The van der Waals surface area contributed by atoms with Gasteiger partial charge in [0.05, 0.1) is 12.8 Å². The van der Waals surface area contributed by atoms with E-state index in [0.29, 0.717) is 11.8 Å². The Hall–Kier alpha value is -2.00. The van der Waals surface area contributed by atoms with Crippen molar-refractivity contribution in [1.29, 1.82) is 0 Å². The van der Waals surface area contributed by atoms with Gasteiger partial charge in [-0.3, -0.25) is 0 Å². The van der Waals surface area contributed by atoms with Crippen LogP contribution in [0.1, 0.15) is 11.5 Å². The second-order valence-corrected chi connectivity index (χ2v) is 5.91. The van der Waals surface area contributed by atoms with Crippen molar-refractivity contribution in [2.75, 3.05) is 32.1 Å². The zero-order valence-electron chi connectivity index (χ0n) is 12.2. The first kappa shape index (κ1) is 12.7. The van der Waals surface area contributed by atoms with Crippen LogP contribution in [0.5, 0.6) is 5.75 Å². The predicted molar refractivity (Wildman–Crippen MR) is 86.0 cm³/mol. The van der Waals surface area contributed by atoms with E-state index in [1.54, 1.807) is 7.11 Å². The number of anilines is 1. The summed E-state index contributed by atoms with van der Waals surface area (Å²) >= 11 is 0. The molecule has 0 aromatic heterocycles. The van der Waals surface area contributed by atoms with Gasteiger partial charge in [0, 0.05) is 25.6 Å². The Morgan fingerprint density at radius 2 is 1.86 bits per heavy atom. The van der Waals surface area contributed by atoms with Crippen LogP contribution in [-0.4, -0.2) is 26.7 Å². The number of ether oxygens (including phenoxy) is 1. The molecule has 108 valence electrons. The van der Waals surface area contributed by atoms with Crippen molar-refractivity contribution in [2.45, 2.75) is 5.92 Å². The molecule has 2 aliphatic rings. The highest BCUT2D eigenvalue weighted by Gasteiger charge is 2.34. The molecule has 0 saturated carbocycles. The topological polar surface area (TPSA) is 33.3 Å². The summed E-state index contributed by atoms with van der Waals surface area (Å²) in [5.41, 5.74) is 5.06. The molecule has 3 heteroatoms. The summed E-state index contributed by atoms with van der Waals surface area (Å²) in [6, 6.07) is 15.0. The van der Waals surface area contributed by atoms with Crippen LogP contribution >= 0.6 is 0 Å². The highest BCUT2D eigenvalue weighted by molar-refractivity contribution is 5.75. The van der Waals surface area contributed by atoms with E-state index in [-0.39, 0.29) is 0 Å². The second kappa shape index (κ2) is 5.08. The summed E-state index contributed by atoms with van der Waals surface area (Å²) in [7, 11) is 1.76. The third kappa shape index (κ3) is 2.09. The summed E-state index contributed by atoms with van der Waals surface area (Å²) in [5.74, 6) is 2.24. The van der Waals surface area contributed by atoms with Crippen LogP contribution in [-0.2, 0) is 0 Å². The van der Waals surface area contributed by atoms with Crippen LogP contribution in [0.15, 0.2) is 42.5 Å². The van der Waals surface area contributed by atoms with Crippen molar-refractivity contribution >= 4 is 5.69 Å². The lowest BCUT2D eigenvalue weighted by atomic mass is 9.83. The molecule has 2 aliphatic heterocycles. The third-order valence-electron chi connectivity index (χ3n) is 4.74. The zero-order valence-corrected chi connectivity index (χ0v) is 12.2. The molecule has 2 atom stereocenters. The van der Waals surface area contributed by atoms with Crippen molar-refractivity contribution in [3.8, 4) is 16.9 Å². The van der Waals surface area contributed by atoms with Gasteiger partial charge in [0.15, 0.2) is 0 Å². The minimum atomic E-state index is 0.596. The molecule has 0 amide bonds. The molecular formula is C18H20N2O. The smallest absolute Gasteiger partial charge is 0.142 e. The van der Waals surface area contributed by atoms with Crippen LogP contribution in [0.2, 0.25) is 0 Å². The molecule has 0 aliphatic carbocycles. The highest BCUT2D eigenvalue weighted by atomic mass is 16.5. The molecule has 2 heterocycles. The maximum Gasteiger partial charge on any atom is 0.142 e. The first-order valence-corrected chi connectivity index (χ1v) is 7.59. The van der Waals surface area contributed by atoms with Crippen LogP contribution in [0.3, 0.4) is 0 Å². The van der Waals surface area contributed by atoms with Gasteiger partial charge < -0.3 is 15.4 Å². The predicted octanol–water partition coefficient (Wildman–Crippen LogP) is 3.09. The van der Waals surface area contributed by atoms with Crippen LogP contribution in [0, 0.1) is 5.92 Å². The van der Waals surface area contributed by atoms with Crippen LogP contribution in [0.4, 0.5) is 5.69 Å². The van der Waals surface area contributed by atoms with Crippen molar-refractivity contribution < 1.29 is 4.74 Å². The number of fused-ring (bicyclic) bond motifs is 3. The van der Waals surface area contributed by atoms with Gasteiger partial charge >= 0.3 is 0 Å². The molecule has 2 aromatic rings. The molecule has 0 bridgehead atoms. The fourth-order valence-electron chi connectivity index (χ4n) is 3.62. The second-order valence-electron chi connectivity index (χ2n) is 5.91. The molecule has 0 radical (unpaired) electrons. The zero-order chi connectivity index (χ0) is 14.2. The lowest BCUT2D eigenvalue weighted by Gasteiger charge is -2.30. The summed E-state index contributed by atoms with van der Waals surface area (Å²) < 4.78 is 5.64. The molecule has 2 aromatic carbocycles. The number of rotatable bonds is 2. The average molecular weight is 280 g/mol. The normalized spacial score (nSPS) is 23.1. The van der Waals surface area contributed by atoms with E-state index in [1.807, 2.05) is 0 Å². The molecule has 3 nitrogen and oxygen atoms in total. The Morgan fingerprint density at radius 3 is 2.67 bits per heavy atom. The fraction of sp³-hybridized carbons (Fsp3) is 0.333. The van der Waals surface area contributed by atoms with Gasteiger partial charge in [0.1, 0.15) is 5.75 Å². The van der Waals surface area contributed by atoms with E-state index in [9.17, 15) is 0 Å².